The Morgan fingerprint density at radius 3 is 1.90 bits per heavy atom. The van der Waals surface area contributed by atoms with E-state index in [1.165, 1.54) is 12.2 Å². The van der Waals surface area contributed by atoms with E-state index in [1.54, 1.807) is 36.7 Å². The van der Waals surface area contributed by atoms with E-state index < -0.39 is 0 Å². The van der Waals surface area contributed by atoms with Gasteiger partial charge in [-0.3, -0.25) is 0 Å². The van der Waals surface area contributed by atoms with Crippen LogP contribution in [-0.2, 0) is 32.2 Å². The predicted molar refractivity (Wildman–Crippen MR) is 167 cm³/mol. The molecule has 0 aliphatic carbocycles. The Morgan fingerprint density at radius 2 is 1.46 bits per heavy atom. The highest BCUT2D eigenvalue weighted by Crippen LogP contribution is 2.18. The molecule has 0 aromatic carbocycles. The number of nitrogens with zero attached hydrogens (tertiary/aromatic N) is 3. The predicted octanol–water partition coefficient (Wildman–Crippen LogP) is 7.26. The van der Waals surface area contributed by atoms with Crippen LogP contribution in [0.25, 0.3) is 0 Å². The molecule has 0 spiro atoms. The highest BCUT2D eigenvalue weighted by atomic mass is 79.9. The minimum Gasteiger partial charge on any atom is -0.456 e. The monoisotopic (exact) mass is 744 g/mol. The van der Waals surface area contributed by atoms with E-state index in [0.717, 1.165) is 27.9 Å². The van der Waals surface area contributed by atoms with Crippen molar-refractivity contribution >= 4 is 97.5 Å². The summed E-state index contributed by atoms with van der Waals surface area (Å²) in [5.74, 6) is -0.646. The van der Waals surface area contributed by atoms with E-state index in [1.807, 2.05) is 17.0 Å². The fourth-order valence-electron chi connectivity index (χ4n) is 2.99. The Morgan fingerprint density at radius 1 is 0.878 bits per heavy atom. The maximum Gasteiger partial charge on any atom is 0.333 e. The number of carbonyl (C=O) groups excluding carboxylic acids is 2. The minimum atomic E-state index is -0.347. The molecular weight excluding hydrogens is 725 g/mol. The molecule has 2 aliphatic rings. The number of carbonyl (C=O) groups is 2. The minimum absolute atomic E-state index is 0.176. The van der Waals surface area contributed by atoms with Crippen LogP contribution in [-0.4, -0.2) is 51.9 Å². The van der Waals surface area contributed by atoms with E-state index in [-0.39, 0.29) is 23.0 Å². The number of aromatic nitrogens is 2. The molecule has 0 amide bonds. The van der Waals surface area contributed by atoms with E-state index in [4.69, 9.17) is 79.1 Å². The van der Waals surface area contributed by atoms with Crippen molar-refractivity contribution in [3.63, 3.8) is 0 Å². The lowest BCUT2D eigenvalue weighted by Gasteiger charge is -2.23. The lowest BCUT2D eigenvalue weighted by atomic mass is 10.2. The van der Waals surface area contributed by atoms with Crippen molar-refractivity contribution in [2.75, 3.05) is 25.1 Å². The molecule has 2 aromatic heterocycles. The van der Waals surface area contributed by atoms with Gasteiger partial charge in [-0.1, -0.05) is 97.7 Å². The average Bonchev–Trinajstić information content (AvgIpc) is 3.55. The van der Waals surface area contributed by atoms with E-state index in [0.29, 0.717) is 41.0 Å². The molecule has 0 saturated heterocycles. The number of ether oxygens (including phenoxy) is 2. The first-order chi connectivity index (χ1) is 19.5. The van der Waals surface area contributed by atoms with Gasteiger partial charge >= 0.3 is 11.9 Å². The molecule has 15 heteroatoms. The maximum absolute atomic E-state index is 11.2. The molecule has 4 heterocycles. The summed E-state index contributed by atoms with van der Waals surface area (Å²) in [4.78, 5) is 31.8. The van der Waals surface area contributed by atoms with Crippen LogP contribution < -0.4 is 5.32 Å². The first-order valence-electron chi connectivity index (χ1n) is 11.6. The van der Waals surface area contributed by atoms with Crippen molar-refractivity contribution < 1.29 is 19.1 Å². The van der Waals surface area contributed by atoms with Crippen LogP contribution in [0.2, 0.25) is 10.3 Å². The SMILES string of the molecule is ClC(Cl)=CCBr.O=C1C=C(N(CC=C(Cl)Cl)Cc2ccc(Cl)nc2)CO1.O=C1C=C(NCc2ccc(Cl)nc2)CO1. The molecule has 41 heavy (non-hydrogen) atoms. The molecule has 8 nitrogen and oxygen atoms in total. The summed E-state index contributed by atoms with van der Waals surface area (Å²) >= 11 is 36.1. The number of allylic oxidation sites excluding steroid dienone is 1. The van der Waals surface area contributed by atoms with E-state index in [2.05, 4.69) is 31.2 Å². The number of hydrogen-bond donors (Lipinski definition) is 1. The Labute approximate surface area is 276 Å². The lowest BCUT2D eigenvalue weighted by Crippen LogP contribution is -2.24. The van der Waals surface area contributed by atoms with Crippen LogP contribution >= 0.6 is 85.5 Å². The summed E-state index contributed by atoms with van der Waals surface area (Å²) in [7, 11) is 0. The van der Waals surface area contributed by atoms with E-state index >= 15 is 0 Å². The highest BCUT2D eigenvalue weighted by molar-refractivity contribution is 9.09. The van der Waals surface area contributed by atoms with Crippen molar-refractivity contribution in [3.05, 3.63) is 103 Å². The molecule has 4 rings (SSSR count). The fraction of sp³-hybridized carbons (Fsp3) is 0.231. The number of pyridine rings is 2. The molecule has 0 radical (unpaired) electrons. The zero-order valence-corrected chi connectivity index (χ0v) is 27.3. The van der Waals surface area contributed by atoms with Gasteiger partial charge in [0, 0.05) is 49.5 Å². The van der Waals surface area contributed by atoms with Gasteiger partial charge in [0.1, 0.15) is 32.5 Å². The molecular formula is C26H23BrCl6N4O4. The second-order valence-electron chi connectivity index (χ2n) is 7.87. The maximum atomic E-state index is 11.2. The lowest BCUT2D eigenvalue weighted by molar-refractivity contribution is -0.135. The summed E-state index contributed by atoms with van der Waals surface area (Å²) < 4.78 is 10.1. The topological polar surface area (TPSA) is 93.7 Å². The van der Waals surface area contributed by atoms with Gasteiger partial charge in [0.15, 0.2) is 0 Å². The van der Waals surface area contributed by atoms with Gasteiger partial charge in [0.05, 0.1) is 11.4 Å². The van der Waals surface area contributed by atoms with Crippen molar-refractivity contribution in [2.24, 2.45) is 0 Å². The number of nitrogens with one attached hydrogen (secondary N) is 1. The van der Waals surface area contributed by atoms with Gasteiger partial charge in [-0.25, -0.2) is 19.6 Å². The second-order valence-corrected chi connectivity index (χ2v) is 11.3. The summed E-state index contributed by atoms with van der Waals surface area (Å²) in [6, 6.07) is 7.18. The molecule has 0 atom stereocenters. The number of alkyl halides is 1. The molecule has 2 aromatic rings. The van der Waals surface area contributed by atoms with Crippen molar-refractivity contribution in [3.8, 4) is 0 Å². The van der Waals surface area contributed by atoms with Crippen molar-refractivity contribution in [1.82, 2.24) is 20.2 Å². The molecule has 0 fully saturated rings. The van der Waals surface area contributed by atoms with Crippen LogP contribution in [0.3, 0.4) is 0 Å². The number of esters is 2. The zero-order chi connectivity index (χ0) is 30.2. The molecule has 2 aliphatic heterocycles. The summed E-state index contributed by atoms with van der Waals surface area (Å²) in [6.07, 6.45) is 9.58. The van der Waals surface area contributed by atoms with Crippen molar-refractivity contribution in [1.29, 1.82) is 0 Å². The van der Waals surface area contributed by atoms with Gasteiger partial charge in [-0.15, -0.1) is 0 Å². The van der Waals surface area contributed by atoms with Crippen molar-refractivity contribution in [2.45, 2.75) is 13.1 Å². The van der Waals surface area contributed by atoms with Gasteiger partial charge < -0.3 is 19.7 Å². The zero-order valence-electron chi connectivity index (χ0n) is 21.1. The third-order valence-corrected chi connectivity index (χ3v) is 6.27. The smallest absolute Gasteiger partial charge is 0.333 e. The van der Waals surface area contributed by atoms with Crippen LogP contribution in [0, 0.1) is 0 Å². The fourth-order valence-corrected chi connectivity index (χ4v) is 4.20. The Bertz CT molecular complexity index is 1280. The molecule has 0 saturated carbocycles. The standard InChI is InChI=1S/C13H11Cl3N2O2.C10H9ClN2O2.C3H3BrCl2/c14-11(15)3-4-18(10-5-13(19)20-8-10)7-9-1-2-12(16)17-6-9;11-9-2-1-7(5-13-9)4-12-8-3-10(14)15-6-8;4-2-1-3(5)6/h1-3,5-6H,4,7-8H2;1-3,5,12H,4,6H2;1H,2H2. The number of halogens is 7. The Hall–Kier alpha value is -1.98. The Kier molecular flexibility index (Phi) is 16.5. The van der Waals surface area contributed by atoms with Crippen LogP contribution in [0.15, 0.2) is 81.3 Å². The molecule has 0 unspecified atom stereocenters. The number of cyclic esters (lactones) is 2. The highest BCUT2D eigenvalue weighted by Gasteiger charge is 2.19. The first-order valence-corrected chi connectivity index (χ1v) is 15.0. The van der Waals surface area contributed by atoms with Gasteiger partial charge in [0.25, 0.3) is 0 Å². The van der Waals surface area contributed by atoms with Gasteiger partial charge in [-0.05, 0) is 35.4 Å². The average molecular weight is 748 g/mol. The third-order valence-electron chi connectivity index (χ3n) is 4.88. The number of rotatable bonds is 9. The summed E-state index contributed by atoms with van der Waals surface area (Å²) in [5, 5.41) is 4.70. The molecule has 0 bridgehead atoms. The van der Waals surface area contributed by atoms with Crippen LogP contribution in [0.5, 0.6) is 0 Å². The third kappa shape index (κ3) is 15.2. The second kappa shape index (κ2) is 19.3. The molecule has 220 valence electrons. The summed E-state index contributed by atoms with van der Waals surface area (Å²) in [6.45, 7) is 2.18. The molecule has 1 N–H and O–H groups in total. The van der Waals surface area contributed by atoms with Crippen LogP contribution in [0.1, 0.15) is 11.1 Å². The first kappa shape index (κ1) is 35.2. The van der Waals surface area contributed by atoms with E-state index in [9.17, 15) is 9.59 Å². The largest absolute Gasteiger partial charge is 0.456 e. The quantitative estimate of drug-likeness (QED) is 0.163. The summed E-state index contributed by atoms with van der Waals surface area (Å²) in [5.41, 5.74) is 3.51. The number of hydrogen-bond acceptors (Lipinski definition) is 8. The Balaban J connectivity index is 0.000000246. The normalized spacial score (nSPS) is 13.2. The van der Waals surface area contributed by atoms with Crippen LogP contribution in [0.4, 0.5) is 0 Å². The van der Waals surface area contributed by atoms with Gasteiger partial charge in [0.2, 0.25) is 0 Å². The van der Waals surface area contributed by atoms with Gasteiger partial charge in [-0.2, -0.15) is 0 Å².